The molecule has 32 heavy (non-hydrogen) atoms. The molecule has 0 radical (unpaired) electrons. The van der Waals surface area contributed by atoms with E-state index in [0.717, 1.165) is 28.3 Å². The average molecular weight is 499 g/mol. The summed E-state index contributed by atoms with van der Waals surface area (Å²) in [6.45, 7) is 0. The van der Waals surface area contributed by atoms with Crippen LogP contribution in [0.15, 0.2) is 65.5 Å². The van der Waals surface area contributed by atoms with Gasteiger partial charge in [0.25, 0.3) is 5.91 Å². The van der Waals surface area contributed by atoms with Crippen LogP contribution < -0.4 is 15.6 Å². The molecule has 2 aromatic heterocycles. The number of halogens is 2. The number of ether oxygens (including phenoxy) is 1. The van der Waals surface area contributed by atoms with E-state index in [2.05, 4.69) is 41.7 Å². The summed E-state index contributed by atoms with van der Waals surface area (Å²) in [5.41, 5.74) is 4.68. The lowest BCUT2D eigenvalue weighted by molar-refractivity contribution is -0.385. The van der Waals surface area contributed by atoms with Crippen molar-refractivity contribution < 1.29 is 18.8 Å². The standard InChI is InChI=1S/C20H12BrFN6O4/c21-14-7-8-15(16-13(14)2-1-9-23-16)32-20-17(28(30)31)18(24-10-25-20)26-27-19(29)11-3-5-12(22)6-4-11/h1-10H,(H,27,29)(H,24,25,26). The van der Waals surface area contributed by atoms with E-state index in [4.69, 9.17) is 4.74 Å². The van der Waals surface area contributed by atoms with Crippen LogP contribution in [0.1, 0.15) is 10.4 Å². The molecule has 0 bridgehead atoms. The fourth-order valence-corrected chi connectivity index (χ4v) is 3.23. The van der Waals surface area contributed by atoms with Crippen molar-refractivity contribution in [3.63, 3.8) is 0 Å². The molecule has 12 heteroatoms. The molecule has 1 amide bonds. The summed E-state index contributed by atoms with van der Waals surface area (Å²) in [6, 6.07) is 11.6. The first kappa shape index (κ1) is 21.1. The SMILES string of the molecule is O=C(NNc1ncnc(Oc2ccc(Br)c3cccnc23)c1[N+](=O)[O-])c1ccc(F)cc1. The molecule has 2 aromatic carbocycles. The van der Waals surface area contributed by atoms with Crippen LogP contribution in [-0.2, 0) is 0 Å². The molecule has 0 aliphatic rings. The maximum Gasteiger partial charge on any atom is 0.374 e. The van der Waals surface area contributed by atoms with Crippen LogP contribution in [-0.4, -0.2) is 25.8 Å². The number of nitrogens with one attached hydrogen (secondary N) is 2. The third kappa shape index (κ3) is 4.30. The summed E-state index contributed by atoms with van der Waals surface area (Å²) in [7, 11) is 0. The van der Waals surface area contributed by atoms with Crippen LogP contribution in [0.2, 0.25) is 0 Å². The topological polar surface area (TPSA) is 132 Å². The molecule has 4 rings (SSSR count). The highest BCUT2D eigenvalue weighted by atomic mass is 79.9. The lowest BCUT2D eigenvalue weighted by atomic mass is 10.2. The zero-order chi connectivity index (χ0) is 22.7. The van der Waals surface area contributed by atoms with Gasteiger partial charge in [0.05, 0.1) is 4.92 Å². The van der Waals surface area contributed by atoms with Crippen molar-refractivity contribution >= 4 is 44.2 Å². The molecule has 0 atom stereocenters. The molecule has 0 unspecified atom stereocenters. The fraction of sp³-hybridized carbons (Fsp3) is 0. The molecule has 160 valence electrons. The van der Waals surface area contributed by atoms with Gasteiger partial charge in [-0.1, -0.05) is 22.0 Å². The molecule has 10 nitrogen and oxygen atoms in total. The predicted octanol–water partition coefficient (Wildman–Crippen LogP) is 4.38. The minimum atomic E-state index is -0.740. The number of amides is 1. The molecular weight excluding hydrogens is 487 g/mol. The van der Waals surface area contributed by atoms with Crippen LogP contribution in [0, 0.1) is 15.9 Å². The number of fused-ring (bicyclic) bond motifs is 1. The van der Waals surface area contributed by atoms with Gasteiger partial charge in [-0.05, 0) is 42.5 Å². The largest absolute Gasteiger partial charge is 0.431 e. The Hall–Kier alpha value is -4.19. The van der Waals surface area contributed by atoms with Crippen molar-refractivity contribution in [1.29, 1.82) is 0 Å². The van der Waals surface area contributed by atoms with Gasteiger partial charge in [-0.2, -0.15) is 4.98 Å². The number of benzene rings is 2. The Morgan fingerprint density at radius 3 is 2.62 bits per heavy atom. The van der Waals surface area contributed by atoms with Crippen LogP contribution >= 0.6 is 15.9 Å². The van der Waals surface area contributed by atoms with Gasteiger partial charge in [0.1, 0.15) is 17.7 Å². The molecule has 0 saturated heterocycles. The molecule has 4 aromatic rings. The number of aromatic nitrogens is 3. The number of pyridine rings is 1. The summed E-state index contributed by atoms with van der Waals surface area (Å²) in [5.74, 6) is -1.56. The first-order valence-electron chi connectivity index (χ1n) is 8.96. The van der Waals surface area contributed by atoms with Crippen molar-refractivity contribution in [2.75, 3.05) is 5.43 Å². The molecule has 0 saturated carbocycles. The lowest BCUT2D eigenvalue weighted by Gasteiger charge is -2.11. The van der Waals surface area contributed by atoms with Crippen molar-refractivity contribution in [1.82, 2.24) is 20.4 Å². The number of carbonyl (C=O) groups excluding carboxylic acids is 1. The van der Waals surface area contributed by atoms with Gasteiger partial charge in [-0.3, -0.25) is 30.7 Å². The average Bonchev–Trinajstić information content (AvgIpc) is 2.80. The monoisotopic (exact) mass is 498 g/mol. The number of rotatable bonds is 6. The molecule has 0 spiro atoms. The number of nitrogens with zero attached hydrogens (tertiary/aromatic N) is 4. The van der Waals surface area contributed by atoms with Crippen LogP contribution in [0.25, 0.3) is 10.9 Å². The van der Waals surface area contributed by atoms with E-state index in [1.54, 1.807) is 24.4 Å². The molecule has 0 aliphatic carbocycles. The molecule has 2 heterocycles. The van der Waals surface area contributed by atoms with E-state index in [0.29, 0.717) is 5.52 Å². The zero-order valence-electron chi connectivity index (χ0n) is 16.0. The van der Waals surface area contributed by atoms with Gasteiger partial charge in [-0.15, -0.1) is 0 Å². The Bertz CT molecular complexity index is 1340. The third-order valence-corrected chi connectivity index (χ3v) is 4.95. The smallest absolute Gasteiger partial charge is 0.374 e. The van der Waals surface area contributed by atoms with Gasteiger partial charge >= 0.3 is 11.6 Å². The maximum atomic E-state index is 13.0. The minimum absolute atomic E-state index is 0.138. The first-order valence-corrected chi connectivity index (χ1v) is 9.75. The van der Waals surface area contributed by atoms with E-state index in [1.807, 2.05) is 6.07 Å². The third-order valence-electron chi connectivity index (χ3n) is 4.26. The lowest BCUT2D eigenvalue weighted by Crippen LogP contribution is -2.30. The van der Waals surface area contributed by atoms with Crippen molar-refractivity contribution in [3.05, 3.63) is 87.0 Å². The molecule has 0 aliphatic heterocycles. The Morgan fingerprint density at radius 2 is 1.88 bits per heavy atom. The zero-order valence-corrected chi connectivity index (χ0v) is 17.5. The second kappa shape index (κ2) is 8.89. The number of hydrogen-bond donors (Lipinski definition) is 2. The Morgan fingerprint density at radius 1 is 1.09 bits per heavy atom. The number of nitro groups is 1. The van der Waals surface area contributed by atoms with E-state index < -0.39 is 22.3 Å². The summed E-state index contributed by atoms with van der Waals surface area (Å²) in [5, 5.41) is 12.5. The number of anilines is 1. The van der Waals surface area contributed by atoms with Gasteiger partial charge in [0, 0.05) is 21.6 Å². The number of carbonyl (C=O) groups is 1. The van der Waals surface area contributed by atoms with Gasteiger partial charge < -0.3 is 4.74 Å². The highest BCUT2D eigenvalue weighted by molar-refractivity contribution is 9.10. The Kier molecular flexibility index (Phi) is 5.85. The molecule has 2 N–H and O–H groups in total. The predicted molar refractivity (Wildman–Crippen MR) is 116 cm³/mol. The highest BCUT2D eigenvalue weighted by Gasteiger charge is 2.26. The fourth-order valence-electron chi connectivity index (χ4n) is 2.78. The second-order valence-electron chi connectivity index (χ2n) is 6.27. The van der Waals surface area contributed by atoms with Crippen molar-refractivity contribution in [2.24, 2.45) is 0 Å². The van der Waals surface area contributed by atoms with Gasteiger partial charge in [-0.25, -0.2) is 9.37 Å². The van der Waals surface area contributed by atoms with E-state index in [1.165, 1.54) is 12.1 Å². The van der Waals surface area contributed by atoms with Crippen LogP contribution in [0.3, 0.4) is 0 Å². The van der Waals surface area contributed by atoms with E-state index in [9.17, 15) is 19.3 Å². The van der Waals surface area contributed by atoms with E-state index >= 15 is 0 Å². The molecule has 0 fully saturated rings. The summed E-state index contributed by atoms with van der Waals surface area (Å²) in [6.07, 6.45) is 2.61. The first-order chi connectivity index (χ1) is 15.4. The van der Waals surface area contributed by atoms with Crippen LogP contribution in [0.5, 0.6) is 11.6 Å². The maximum absolute atomic E-state index is 13.0. The van der Waals surface area contributed by atoms with Crippen molar-refractivity contribution in [2.45, 2.75) is 0 Å². The van der Waals surface area contributed by atoms with Gasteiger partial charge in [0.2, 0.25) is 5.82 Å². The summed E-state index contributed by atoms with van der Waals surface area (Å²) in [4.78, 5) is 35.2. The molecular formula is C20H12BrFN6O4. The Labute approximate surface area is 187 Å². The second-order valence-corrected chi connectivity index (χ2v) is 7.12. The van der Waals surface area contributed by atoms with Crippen molar-refractivity contribution in [3.8, 4) is 11.6 Å². The highest BCUT2D eigenvalue weighted by Crippen LogP contribution is 2.37. The summed E-state index contributed by atoms with van der Waals surface area (Å²) < 4.78 is 19.5. The normalized spacial score (nSPS) is 10.6. The number of hydrazine groups is 1. The Balaban J connectivity index is 1.63. The number of hydrogen-bond acceptors (Lipinski definition) is 8. The quantitative estimate of drug-likeness (QED) is 0.295. The summed E-state index contributed by atoms with van der Waals surface area (Å²) >= 11 is 3.42. The van der Waals surface area contributed by atoms with Crippen LogP contribution in [0.4, 0.5) is 15.9 Å². The van der Waals surface area contributed by atoms with Gasteiger partial charge in [0.15, 0.2) is 5.75 Å². The van der Waals surface area contributed by atoms with E-state index in [-0.39, 0.29) is 23.0 Å². The minimum Gasteiger partial charge on any atom is -0.431 e.